The maximum atomic E-state index is 10.5. The minimum Gasteiger partial charge on any atom is -0.388 e. The molecule has 0 aromatic heterocycles. The lowest BCUT2D eigenvalue weighted by atomic mass is 9.88. The molecule has 0 bridgehead atoms. The highest BCUT2D eigenvalue weighted by atomic mass is 16.3. The van der Waals surface area contributed by atoms with E-state index in [1.807, 2.05) is 0 Å². The van der Waals surface area contributed by atoms with Crippen LogP contribution in [-0.4, -0.2) is 22.8 Å². The molecule has 1 saturated carbocycles. The van der Waals surface area contributed by atoms with E-state index in [-0.39, 0.29) is 5.54 Å². The molecule has 0 radical (unpaired) electrons. The van der Waals surface area contributed by atoms with Crippen molar-refractivity contribution in [3.63, 3.8) is 0 Å². The predicted octanol–water partition coefficient (Wildman–Crippen LogP) is 2.32. The lowest BCUT2D eigenvalue weighted by molar-refractivity contribution is -0.00288. The van der Waals surface area contributed by atoms with E-state index >= 15 is 0 Å². The van der Waals surface area contributed by atoms with E-state index < -0.39 is 5.60 Å². The largest absolute Gasteiger partial charge is 0.388 e. The fraction of sp³-hybridized carbons (Fsp3) is 1.00. The molecule has 2 N–H and O–H groups in total. The molecule has 0 amide bonds. The van der Waals surface area contributed by atoms with E-state index in [0.717, 1.165) is 19.4 Å². The minimum absolute atomic E-state index is 0.108. The van der Waals surface area contributed by atoms with Gasteiger partial charge in [0, 0.05) is 12.1 Å². The van der Waals surface area contributed by atoms with Crippen molar-refractivity contribution in [2.75, 3.05) is 6.54 Å². The van der Waals surface area contributed by atoms with E-state index in [0.29, 0.717) is 5.92 Å². The van der Waals surface area contributed by atoms with Gasteiger partial charge in [0.25, 0.3) is 0 Å². The van der Waals surface area contributed by atoms with Crippen molar-refractivity contribution in [3.8, 4) is 0 Å². The zero-order valence-electron chi connectivity index (χ0n) is 10.1. The zero-order chi connectivity index (χ0) is 10.8. The molecule has 0 aromatic rings. The second kappa shape index (κ2) is 4.19. The summed E-state index contributed by atoms with van der Waals surface area (Å²) < 4.78 is 0. The maximum Gasteiger partial charge on any atom is 0.0799 e. The summed E-state index contributed by atoms with van der Waals surface area (Å²) in [6.07, 6.45) is 4.44. The summed E-state index contributed by atoms with van der Waals surface area (Å²) in [5.41, 5.74) is -0.335. The highest BCUT2D eigenvalue weighted by Crippen LogP contribution is 2.37. The molecule has 2 unspecified atom stereocenters. The Morgan fingerprint density at radius 1 is 1.43 bits per heavy atom. The van der Waals surface area contributed by atoms with Gasteiger partial charge >= 0.3 is 0 Å². The summed E-state index contributed by atoms with van der Waals surface area (Å²) in [5.74, 6) is 0.498. The summed E-state index contributed by atoms with van der Waals surface area (Å²) in [6, 6.07) is 0. The smallest absolute Gasteiger partial charge is 0.0799 e. The van der Waals surface area contributed by atoms with Crippen LogP contribution in [0.15, 0.2) is 0 Å². The highest BCUT2D eigenvalue weighted by Gasteiger charge is 2.40. The molecule has 1 fully saturated rings. The molecule has 1 rings (SSSR count). The van der Waals surface area contributed by atoms with Crippen LogP contribution in [0.4, 0.5) is 0 Å². The fourth-order valence-corrected chi connectivity index (χ4v) is 2.36. The number of hydrogen-bond donors (Lipinski definition) is 2. The normalized spacial score (nSPS) is 33.6. The minimum atomic E-state index is -0.442. The molecular weight excluding hydrogens is 174 g/mol. The van der Waals surface area contributed by atoms with Gasteiger partial charge in [0.05, 0.1) is 5.60 Å². The van der Waals surface area contributed by atoms with E-state index in [2.05, 4.69) is 33.0 Å². The summed E-state index contributed by atoms with van der Waals surface area (Å²) >= 11 is 0. The van der Waals surface area contributed by atoms with Crippen molar-refractivity contribution >= 4 is 0 Å². The Hall–Kier alpha value is -0.0800. The van der Waals surface area contributed by atoms with Crippen LogP contribution in [0.3, 0.4) is 0 Å². The van der Waals surface area contributed by atoms with Gasteiger partial charge in [-0.2, -0.15) is 0 Å². The molecule has 1 aliphatic carbocycles. The first kappa shape index (κ1) is 12.0. The average Bonchev–Trinajstić information content (AvgIpc) is 2.43. The first-order valence-electron chi connectivity index (χ1n) is 5.85. The molecule has 0 saturated heterocycles. The SMILES string of the molecule is CCC1CCCC1(O)CNC(C)(C)C. The Morgan fingerprint density at radius 2 is 2.07 bits per heavy atom. The van der Waals surface area contributed by atoms with Gasteiger partial charge in [-0.05, 0) is 39.5 Å². The van der Waals surface area contributed by atoms with Gasteiger partial charge in [-0.25, -0.2) is 0 Å². The highest BCUT2D eigenvalue weighted by molar-refractivity contribution is 4.94. The van der Waals surface area contributed by atoms with E-state index in [9.17, 15) is 5.11 Å². The van der Waals surface area contributed by atoms with Crippen molar-refractivity contribution in [2.45, 2.75) is 64.5 Å². The molecule has 0 heterocycles. The average molecular weight is 199 g/mol. The van der Waals surface area contributed by atoms with Gasteiger partial charge in [0.2, 0.25) is 0 Å². The molecule has 1 aliphatic rings. The molecule has 0 aliphatic heterocycles. The van der Waals surface area contributed by atoms with E-state index in [1.165, 1.54) is 12.8 Å². The molecule has 84 valence electrons. The summed E-state index contributed by atoms with van der Waals surface area (Å²) in [5, 5.41) is 13.9. The van der Waals surface area contributed by atoms with Gasteiger partial charge < -0.3 is 10.4 Å². The molecule has 14 heavy (non-hydrogen) atoms. The van der Waals surface area contributed by atoms with Crippen molar-refractivity contribution < 1.29 is 5.11 Å². The lowest BCUT2D eigenvalue weighted by Crippen LogP contribution is -2.49. The molecule has 2 nitrogen and oxygen atoms in total. The predicted molar refractivity (Wildman–Crippen MR) is 60.3 cm³/mol. The van der Waals surface area contributed by atoms with Crippen molar-refractivity contribution in [1.82, 2.24) is 5.32 Å². The number of β-amino-alcohol motifs (C(OH)–C–C–N with tert-alkyl or cyclic N) is 1. The Morgan fingerprint density at radius 3 is 2.57 bits per heavy atom. The third kappa shape index (κ3) is 2.96. The molecular formula is C12H25NO. The quantitative estimate of drug-likeness (QED) is 0.731. The van der Waals surface area contributed by atoms with Gasteiger partial charge in [-0.15, -0.1) is 0 Å². The zero-order valence-corrected chi connectivity index (χ0v) is 10.1. The van der Waals surface area contributed by atoms with Crippen LogP contribution in [0.5, 0.6) is 0 Å². The summed E-state index contributed by atoms with van der Waals surface area (Å²) in [4.78, 5) is 0. The summed E-state index contributed by atoms with van der Waals surface area (Å²) in [7, 11) is 0. The van der Waals surface area contributed by atoms with Crippen molar-refractivity contribution in [2.24, 2.45) is 5.92 Å². The van der Waals surface area contributed by atoms with Crippen molar-refractivity contribution in [3.05, 3.63) is 0 Å². The summed E-state index contributed by atoms with van der Waals surface area (Å²) in [6.45, 7) is 9.36. The monoisotopic (exact) mass is 199 g/mol. The van der Waals surface area contributed by atoms with Crippen LogP contribution < -0.4 is 5.32 Å². The van der Waals surface area contributed by atoms with Gasteiger partial charge in [-0.3, -0.25) is 0 Å². The Balaban J connectivity index is 2.48. The van der Waals surface area contributed by atoms with Crippen LogP contribution >= 0.6 is 0 Å². The second-order valence-electron chi connectivity index (χ2n) is 5.70. The molecule has 0 aromatic carbocycles. The van der Waals surface area contributed by atoms with Crippen LogP contribution in [0, 0.1) is 5.92 Å². The van der Waals surface area contributed by atoms with Gasteiger partial charge in [0.1, 0.15) is 0 Å². The Labute approximate surface area is 88.1 Å². The van der Waals surface area contributed by atoms with E-state index in [4.69, 9.17) is 0 Å². The number of rotatable bonds is 3. The topological polar surface area (TPSA) is 32.3 Å². The number of hydrogen-bond acceptors (Lipinski definition) is 2. The lowest BCUT2D eigenvalue weighted by Gasteiger charge is -2.33. The van der Waals surface area contributed by atoms with Crippen LogP contribution in [0.25, 0.3) is 0 Å². The van der Waals surface area contributed by atoms with E-state index in [1.54, 1.807) is 0 Å². The maximum absolute atomic E-state index is 10.5. The number of aliphatic hydroxyl groups is 1. The Kier molecular flexibility index (Phi) is 3.59. The molecule has 2 atom stereocenters. The van der Waals surface area contributed by atoms with Crippen LogP contribution in [0.2, 0.25) is 0 Å². The standard InChI is InChI=1S/C12H25NO/c1-5-10-7-6-8-12(10,14)9-13-11(2,3)4/h10,13-14H,5-9H2,1-4H3. The van der Waals surface area contributed by atoms with Crippen molar-refractivity contribution in [1.29, 1.82) is 0 Å². The number of nitrogens with one attached hydrogen (secondary N) is 1. The second-order valence-corrected chi connectivity index (χ2v) is 5.70. The first-order chi connectivity index (χ1) is 6.37. The fourth-order valence-electron chi connectivity index (χ4n) is 2.36. The third-order valence-corrected chi connectivity index (χ3v) is 3.34. The van der Waals surface area contributed by atoms with Crippen LogP contribution in [0.1, 0.15) is 53.4 Å². The Bertz CT molecular complexity index is 185. The molecule has 0 spiro atoms. The molecule has 2 heteroatoms. The van der Waals surface area contributed by atoms with Gasteiger partial charge in [0.15, 0.2) is 0 Å². The van der Waals surface area contributed by atoms with Crippen LogP contribution in [-0.2, 0) is 0 Å². The first-order valence-corrected chi connectivity index (χ1v) is 5.85. The van der Waals surface area contributed by atoms with Gasteiger partial charge in [-0.1, -0.05) is 19.8 Å². The third-order valence-electron chi connectivity index (χ3n) is 3.34.